The maximum Gasteiger partial charge on any atom is 0.0389 e. The van der Waals surface area contributed by atoms with Crippen LogP contribution in [0.2, 0.25) is 0 Å². The van der Waals surface area contributed by atoms with Gasteiger partial charge in [0.15, 0.2) is 0 Å². The van der Waals surface area contributed by atoms with Crippen LogP contribution >= 0.6 is 11.8 Å². The second-order valence-electron chi connectivity index (χ2n) is 4.90. The third-order valence-electron chi connectivity index (χ3n) is 3.40. The molecule has 0 bridgehead atoms. The molecule has 2 heteroatoms. The van der Waals surface area contributed by atoms with Crippen molar-refractivity contribution in [3.05, 3.63) is 70.8 Å². The Hall–Kier alpha value is -1.25. The number of aryl methyl sites for hydroxylation is 2. The van der Waals surface area contributed by atoms with Crippen LogP contribution in [0.15, 0.2) is 48.5 Å². The summed E-state index contributed by atoms with van der Waals surface area (Å²) in [5.74, 6) is 1.99. The van der Waals surface area contributed by atoms with Crippen molar-refractivity contribution in [3.8, 4) is 0 Å². The summed E-state index contributed by atoms with van der Waals surface area (Å²) in [6, 6.07) is 17.1. The van der Waals surface area contributed by atoms with Crippen LogP contribution in [0.3, 0.4) is 0 Å². The van der Waals surface area contributed by atoms with Crippen LogP contribution in [-0.2, 0) is 5.75 Å². The van der Waals surface area contributed by atoms with E-state index in [2.05, 4.69) is 62.4 Å². The van der Waals surface area contributed by atoms with Gasteiger partial charge < -0.3 is 5.73 Å². The highest BCUT2D eigenvalue weighted by Crippen LogP contribution is 2.22. The van der Waals surface area contributed by atoms with Crippen molar-refractivity contribution in [1.29, 1.82) is 0 Å². The molecule has 0 radical (unpaired) electrons. The molecule has 0 saturated carbocycles. The molecule has 2 rings (SSSR count). The molecule has 1 atom stereocenters. The Morgan fingerprint density at radius 2 is 1.58 bits per heavy atom. The smallest absolute Gasteiger partial charge is 0.0389 e. The maximum absolute atomic E-state index is 6.28. The molecule has 2 N–H and O–H groups in total. The highest BCUT2D eigenvalue weighted by atomic mass is 32.2. The van der Waals surface area contributed by atoms with E-state index in [1.165, 1.54) is 22.3 Å². The molecular weight excluding hydrogens is 250 g/mol. The number of rotatable bonds is 5. The van der Waals surface area contributed by atoms with Crippen LogP contribution < -0.4 is 5.73 Å². The molecule has 0 spiro atoms. The van der Waals surface area contributed by atoms with Crippen molar-refractivity contribution in [2.45, 2.75) is 25.6 Å². The first kappa shape index (κ1) is 14.2. The number of nitrogens with two attached hydrogens (primary N) is 1. The van der Waals surface area contributed by atoms with Gasteiger partial charge in [0.1, 0.15) is 0 Å². The molecule has 0 aliphatic carbocycles. The second-order valence-corrected chi connectivity index (χ2v) is 5.93. The lowest BCUT2D eigenvalue weighted by Gasteiger charge is -2.14. The van der Waals surface area contributed by atoms with E-state index < -0.39 is 0 Å². The first-order valence-corrected chi connectivity index (χ1v) is 7.77. The highest BCUT2D eigenvalue weighted by molar-refractivity contribution is 7.98. The molecule has 0 amide bonds. The summed E-state index contributed by atoms with van der Waals surface area (Å²) in [6.45, 7) is 4.29. The summed E-state index contributed by atoms with van der Waals surface area (Å²) >= 11 is 1.91. The Morgan fingerprint density at radius 1 is 0.947 bits per heavy atom. The van der Waals surface area contributed by atoms with Gasteiger partial charge in [0.25, 0.3) is 0 Å². The lowest BCUT2D eigenvalue weighted by atomic mass is 10.0. The molecule has 1 unspecified atom stereocenters. The summed E-state index contributed by atoms with van der Waals surface area (Å²) in [5, 5.41) is 0. The summed E-state index contributed by atoms with van der Waals surface area (Å²) in [5.41, 5.74) is 11.6. The molecule has 0 heterocycles. The Balaban J connectivity index is 1.90. The van der Waals surface area contributed by atoms with E-state index in [1.54, 1.807) is 0 Å². The molecule has 0 aliphatic heterocycles. The molecular formula is C17H21NS. The van der Waals surface area contributed by atoms with Gasteiger partial charge in [-0.05, 0) is 36.1 Å². The fraction of sp³-hybridized carbons (Fsp3) is 0.294. The van der Waals surface area contributed by atoms with E-state index in [9.17, 15) is 0 Å². The Labute approximate surface area is 120 Å². The van der Waals surface area contributed by atoms with E-state index >= 15 is 0 Å². The van der Waals surface area contributed by atoms with Gasteiger partial charge in [0, 0.05) is 17.5 Å². The topological polar surface area (TPSA) is 26.0 Å². The van der Waals surface area contributed by atoms with Crippen LogP contribution in [0.1, 0.15) is 28.3 Å². The van der Waals surface area contributed by atoms with Crippen LogP contribution in [-0.4, -0.2) is 5.75 Å². The second kappa shape index (κ2) is 6.78. The van der Waals surface area contributed by atoms with Crippen LogP contribution in [0.5, 0.6) is 0 Å². The summed E-state index contributed by atoms with van der Waals surface area (Å²) in [6.07, 6.45) is 0. The first-order valence-electron chi connectivity index (χ1n) is 6.62. The Morgan fingerprint density at radius 3 is 2.26 bits per heavy atom. The van der Waals surface area contributed by atoms with Gasteiger partial charge in [0.2, 0.25) is 0 Å². The summed E-state index contributed by atoms with van der Waals surface area (Å²) in [7, 11) is 0. The predicted octanol–water partition coefficient (Wildman–Crippen LogP) is 4.24. The van der Waals surface area contributed by atoms with E-state index in [-0.39, 0.29) is 6.04 Å². The zero-order valence-corrected chi connectivity index (χ0v) is 12.4. The lowest BCUT2D eigenvalue weighted by molar-refractivity contribution is 0.822. The monoisotopic (exact) mass is 271 g/mol. The van der Waals surface area contributed by atoms with Crippen molar-refractivity contribution in [2.75, 3.05) is 5.75 Å². The van der Waals surface area contributed by atoms with Gasteiger partial charge in [-0.3, -0.25) is 0 Å². The van der Waals surface area contributed by atoms with E-state index in [0.717, 1.165) is 11.5 Å². The predicted molar refractivity (Wildman–Crippen MR) is 85.4 cm³/mol. The van der Waals surface area contributed by atoms with Gasteiger partial charge >= 0.3 is 0 Å². The third kappa shape index (κ3) is 3.85. The van der Waals surface area contributed by atoms with E-state index in [0.29, 0.717) is 0 Å². The normalized spacial score (nSPS) is 12.4. The minimum absolute atomic E-state index is 0.121. The largest absolute Gasteiger partial charge is 0.323 e. The first-order chi connectivity index (χ1) is 9.18. The minimum Gasteiger partial charge on any atom is -0.323 e. The number of thioether (sulfide) groups is 1. The zero-order valence-electron chi connectivity index (χ0n) is 11.6. The lowest BCUT2D eigenvalue weighted by Crippen LogP contribution is -2.14. The van der Waals surface area contributed by atoms with Gasteiger partial charge in [-0.2, -0.15) is 11.8 Å². The van der Waals surface area contributed by atoms with Crippen molar-refractivity contribution in [2.24, 2.45) is 5.73 Å². The third-order valence-corrected chi connectivity index (χ3v) is 4.51. The minimum atomic E-state index is 0.121. The van der Waals surface area contributed by atoms with Crippen molar-refractivity contribution < 1.29 is 0 Å². The molecule has 0 aliphatic rings. The molecule has 19 heavy (non-hydrogen) atoms. The molecule has 100 valence electrons. The molecule has 0 saturated heterocycles. The van der Waals surface area contributed by atoms with Crippen LogP contribution in [0, 0.1) is 13.8 Å². The fourth-order valence-corrected chi connectivity index (χ4v) is 3.26. The number of hydrogen-bond acceptors (Lipinski definition) is 2. The molecule has 0 aromatic heterocycles. The van der Waals surface area contributed by atoms with Crippen LogP contribution in [0.25, 0.3) is 0 Å². The van der Waals surface area contributed by atoms with Gasteiger partial charge in [-0.1, -0.05) is 48.5 Å². The maximum atomic E-state index is 6.28. The van der Waals surface area contributed by atoms with Gasteiger partial charge in [0.05, 0.1) is 0 Å². The summed E-state index contributed by atoms with van der Waals surface area (Å²) in [4.78, 5) is 0. The van der Waals surface area contributed by atoms with Crippen molar-refractivity contribution in [1.82, 2.24) is 0 Å². The number of hydrogen-bond donors (Lipinski definition) is 1. The Kier molecular flexibility index (Phi) is 5.06. The van der Waals surface area contributed by atoms with Gasteiger partial charge in [-0.25, -0.2) is 0 Å². The highest BCUT2D eigenvalue weighted by Gasteiger charge is 2.08. The quantitative estimate of drug-likeness (QED) is 0.880. The van der Waals surface area contributed by atoms with Gasteiger partial charge in [-0.15, -0.1) is 0 Å². The fourth-order valence-electron chi connectivity index (χ4n) is 2.16. The Bertz CT molecular complexity index is 536. The van der Waals surface area contributed by atoms with Crippen LogP contribution in [0.4, 0.5) is 0 Å². The molecule has 2 aromatic carbocycles. The van der Waals surface area contributed by atoms with E-state index in [1.807, 2.05) is 11.8 Å². The zero-order chi connectivity index (χ0) is 13.7. The summed E-state index contributed by atoms with van der Waals surface area (Å²) < 4.78 is 0. The molecule has 1 nitrogen and oxygen atoms in total. The van der Waals surface area contributed by atoms with Crippen molar-refractivity contribution >= 4 is 11.8 Å². The average Bonchev–Trinajstić information content (AvgIpc) is 2.41. The standard InChI is InChI=1S/C17H21NS/c1-13-7-3-5-9-15(13)11-19-12-17(18)16-10-6-4-8-14(16)2/h3-10,17H,11-12,18H2,1-2H3. The molecule has 0 fully saturated rings. The number of benzene rings is 2. The molecule has 2 aromatic rings. The SMILES string of the molecule is Cc1ccccc1CSCC(N)c1ccccc1C. The van der Waals surface area contributed by atoms with Crippen molar-refractivity contribution in [3.63, 3.8) is 0 Å². The average molecular weight is 271 g/mol. The van der Waals surface area contributed by atoms with E-state index in [4.69, 9.17) is 5.73 Å².